The normalized spacial score (nSPS) is 12.3. The number of nitrogens with zero attached hydrogens (tertiary/aromatic N) is 3. The molecule has 0 aliphatic rings. The van der Waals surface area contributed by atoms with E-state index in [4.69, 9.17) is 0 Å². The van der Waals surface area contributed by atoms with Crippen LogP contribution in [0.3, 0.4) is 0 Å². The van der Waals surface area contributed by atoms with Gasteiger partial charge in [-0.3, -0.25) is 9.97 Å². The van der Waals surface area contributed by atoms with Gasteiger partial charge in [0.05, 0.1) is 11.4 Å². The third-order valence-electron chi connectivity index (χ3n) is 3.29. The number of hydrogen-bond donors (Lipinski definition) is 0. The molecule has 0 spiro atoms. The summed E-state index contributed by atoms with van der Waals surface area (Å²) in [6.45, 7) is 0. The van der Waals surface area contributed by atoms with E-state index in [1.807, 2.05) is 54.6 Å². The summed E-state index contributed by atoms with van der Waals surface area (Å²) in [6, 6.07) is 24.5. The van der Waals surface area contributed by atoms with Gasteiger partial charge in [-0.2, -0.15) is 0 Å². The van der Waals surface area contributed by atoms with Crippen LogP contribution in [0.1, 0.15) is 0 Å². The summed E-state index contributed by atoms with van der Waals surface area (Å²) in [6.07, 6.45) is 5.21. The van der Waals surface area contributed by atoms with Gasteiger partial charge >= 0.3 is 33.0 Å². The largest absolute Gasteiger partial charge is 0.305 e. The number of benzene rings is 1. The predicted octanol–water partition coefficient (Wildman–Crippen LogP) is 8.21. The van der Waals surface area contributed by atoms with E-state index in [1.165, 1.54) is 6.07 Å². The van der Waals surface area contributed by atoms with Crippen LogP contribution in [0.4, 0.5) is 29.6 Å². The zero-order valence-corrected chi connectivity index (χ0v) is 19.7. The molecule has 0 aliphatic carbocycles. The number of rotatable bonds is 2. The Labute approximate surface area is 198 Å². The van der Waals surface area contributed by atoms with Crippen LogP contribution in [0.25, 0.3) is 22.6 Å². The average molecular weight is 666 g/mol. The van der Waals surface area contributed by atoms with E-state index in [2.05, 4.69) is 21.0 Å². The van der Waals surface area contributed by atoms with Crippen molar-refractivity contribution in [3.63, 3.8) is 0 Å². The maximum Gasteiger partial charge on any atom is 0.0886 e. The van der Waals surface area contributed by atoms with Crippen molar-refractivity contribution < 1.29 is 49.7 Å². The van der Waals surface area contributed by atoms with Crippen LogP contribution in [0, 0.1) is 11.9 Å². The Balaban J connectivity index is 0.000000256. The molecule has 0 bridgehead atoms. The molecule has 33 heavy (non-hydrogen) atoms. The first-order valence-corrected chi connectivity index (χ1v) is 10.8. The minimum Gasteiger partial charge on any atom is -0.305 e. The molecule has 0 saturated carbocycles. The van der Waals surface area contributed by atoms with Crippen LogP contribution in [0.15, 0.2) is 91.4 Å². The second-order valence-electron chi connectivity index (χ2n) is 6.02. The van der Waals surface area contributed by atoms with Crippen LogP contribution in [0.2, 0.25) is 0 Å². The van der Waals surface area contributed by atoms with E-state index in [0.717, 1.165) is 17.1 Å². The molecule has 3 heterocycles. The van der Waals surface area contributed by atoms with Crippen molar-refractivity contribution in [3.8, 4) is 22.6 Å². The summed E-state index contributed by atoms with van der Waals surface area (Å²) in [5.41, 5.74) is 3.25. The molecule has 4 aromatic rings. The average Bonchev–Trinajstić information content (AvgIpc) is 2.74. The topological polar surface area (TPSA) is 38.7 Å². The molecule has 3 nitrogen and oxygen atoms in total. The maximum atomic E-state index is 12.8. The van der Waals surface area contributed by atoms with Crippen molar-refractivity contribution in [2.75, 3.05) is 0 Å². The molecule has 0 saturated heterocycles. The molecule has 0 atom stereocenters. The fourth-order valence-corrected chi connectivity index (χ4v) is 2.14. The Morgan fingerprint density at radius 1 is 0.545 bits per heavy atom. The minimum atomic E-state index is -10.7. The molecule has 0 fully saturated rings. The van der Waals surface area contributed by atoms with E-state index < -0.39 is 7.81 Å². The molecule has 3 aromatic heterocycles. The summed E-state index contributed by atoms with van der Waals surface area (Å²) in [5.74, 6) is -0.358. The van der Waals surface area contributed by atoms with Gasteiger partial charge in [0.1, 0.15) is 0 Å². The quantitative estimate of drug-likeness (QED) is 0.123. The van der Waals surface area contributed by atoms with Gasteiger partial charge < -0.3 is 4.98 Å². The van der Waals surface area contributed by atoms with Crippen molar-refractivity contribution in [2.24, 2.45) is 0 Å². The van der Waals surface area contributed by atoms with E-state index in [1.54, 1.807) is 30.7 Å². The SMILES string of the molecule is F[P-](F)(F)(F)(F)F.Fc1[c-]c(-c2ccccn2)ccc1.[Ir].c1ccc(-c2ccccn2)nc1. The third-order valence-corrected chi connectivity index (χ3v) is 3.29. The smallest absolute Gasteiger partial charge is 0.0886 e. The summed E-state index contributed by atoms with van der Waals surface area (Å²) in [5, 5.41) is 0. The Kier molecular flexibility index (Phi) is 9.36. The van der Waals surface area contributed by atoms with Gasteiger partial charge in [-0.15, -0.1) is 29.8 Å². The Hall–Kier alpha value is -2.74. The van der Waals surface area contributed by atoms with Gasteiger partial charge in [0.2, 0.25) is 0 Å². The van der Waals surface area contributed by atoms with Crippen molar-refractivity contribution in [1.82, 2.24) is 15.0 Å². The molecular formula is C21H15F7IrN3P-2. The van der Waals surface area contributed by atoms with Crippen molar-refractivity contribution in [2.45, 2.75) is 0 Å². The molecule has 0 aliphatic heterocycles. The molecule has 0 amide bonds. The number of halogens is 7. The molecule has 12 heteroatoms. The predicted molar refractivity (Wildman–Crippen MR) is 110 cm³/mol. The summed E-state index contributed by atoms with van der Waals surface area (Å²) in [7, 11) is -10.7. The number of pyridine rings is 3. The van der Waals surface area contributed by atoms with E-state index in [9.17, 15) is 29.6 Å². The summed E-state index contributed by atoms with van der Waals surface area (Å²) < 4.78 is 72.0. The van der Waals surface area contributed by atoms with Gasteiger partial charge in [-0.05, 0) is 36.0 Å². The fraction of sp³-hybridized carbons (Fsp3) is 0. The number of aromatic nitrogens is 3. The van der Waals surface area contributed by atoms with Crippen molar-refractivity contribution in [1.29, 1.82) is 0 Å². The van der Waals surface area contributed by atoms with Crippen molar-refractivity contribution in [3.05, 3.63) is 103 Å². The summed E-state index contributed by atoms with van der Waals surface area (Å²) >= 11 is 0. The Bertz CT molecular complexity index is 1070. The van der Waals surface area contributed by atoms with Crippen LogP contribution in [-0.2, 0) is 20.1 Å². The first-order chi connectivity index (χ1) is 14.8. The van der Waals surface area contributed by atoms with E-state index in [0.29, 0.717) is 5.56 Å². The molecule has 179 valence electrons. The zero-order chi connectivity index (χ0) is 23.7. The molecule has 4 rings (SSSR count). The van der Waals surface area contributed by atoms with Crippen LogP contribution in [0.5, 0.6) is 0 Å². The van der Waals surface area contributed by atoms with Crippen LogP contribution < -0.4 is 0 Å². The molecule has 0 unspecified atom stereocenters. The Morgan fingerprint density at radius 3 is 1.27 bits per heavy atom. The van der Waals surface area contributed by atoms with Gasteiger partial charge in [0.25, 0.3) is 0 Å². The second-order valence-corrected chi connectivity index (χ2v) is 7.93. The van der Waals surface area contributed by atoms with Gasteiger partial charge in [-0.1, -0.05) is 24.3 Å². The summed E-state index contributed by atoms with van der Waals surface area (Å²) in [4.78, 5) is 12.5. The maximum absolute atomic E-state index is 12.8. The second kappa shape index (κ2) is 10.9. The first kappa shape index (κ1) is 28.3. The monoisotopic (exact) mass is 666 g/mol. The van der Waals surface area contributed by atoms with E-state index >= 15 is 0 Å². The first-order valence-electron chi connectivity index (χ1n) is 8.76. The standard InChI is InChI=1S/C11H7FN.C10H8N2.F6P.Ir/c12-10-5-3-4-9(8-10)11-6-1-2-7-13-11;1-3-7-11-9(5-1)10-6-2-4-8-12-10;1-7(2,3,4,5)6;/h1-7H;1-8H;;/q-1;;-1;. The number of hydrogen-bond acceptors (Lipinski definition) is 3. The Morgan fingerprint density at radius 2 is 0.939 bits per heavy atom. The molecule has 1 radical (unpaired) electrons. The van der Waals surface area contributed by atoms with Crippen molar-refractivity contribution >= 4 is 7.81 Å². The van der Waals surface area contributed by atoms with Crippen LogP contribution >= 0.6 is 7.81 Å². The third kappa shape index (κ3) is 14.1. The molecule has 0 N–H and O–H groups in total. The zero-order valence-electron chi connectivity index (χ0n) is 16.4. The van der Waals surface area contributed by atoms with Gasteiger partial charge in [0.15, 0.2) is 0 Å². The molecular weight excluding hydrogens is 650 g/mol. The fourth-order valence-electron chi connectivity index (χ4n) is 2.14. The van der Waals surface area contributed by atoms with Gasteiger partial charge in [0, 0.05) is 44.5 Å². The van der Waals surface area contributed by atoms with E-state index in [-0.39, 0.29) is 25.9 Å². The van der Waals surface area contributed by atoms with Crippen LogP contribution in [-0.4, -0.2) is 15.0 Å². The minimum absolute atomic E-state index is 0. The molecule has 1 aromatic carbocycles. The van der Waals surface area contributed by atoms with Gasteiger partial charge in [-0.25, -0.2) is 4.39 Å².